The largest absolute Gasteiger partial charge is 0.493 e. The van der Waals surface area contributed by atoms with Gasteiger partial charge in [0, 0.05) is 5.56 Å². The van der Waals surface area contributed by atoms with Crippen LogP contribution in [-0.4, -0.2) is 47.6 Å². The summed E-state index contributed by atoms with van der Waals surface area (Å²) in [6, 6.07) is 12.3. The highest BCUT2D eigenvalue weighted by molar-refractivity contribution is 7.92. The first-order valence-corrected chi connectivity index (χ1v) is 10.7. The number of carbonyl (C=O) groups excluding carboxylic acids is 1. The Bertz CT molecular complexity index is 989. The van der Waals surface area contributed by atoms with E-state index in [1.807, 2.05) is 19.1 Å². The normalized spacial score (nSPS) is 11.3. The second-order valence-electron chi connectivity index (χ2n) is 6.13. The first kappa shape index (κ1) is 22.2. The van der Waals surface area contributed by atoms with Crippen LogP contribution < -0.4 is 19.2 Å². The minimum absolute atomic E-state index is 0.386. The Balaban J connectivity index is 2.17. The number of nitrogens with zero attached hydrogens (tertiary/aromatic N) is 2. The lowest BCUT2D eigenvalue weighted by Gasteiger charge is -2.23. The van der Waals surface area contributed by atoms with E-state index >= 15 is 0 Å². The highest BCUT2D eigenvalue weighted by atomic mass is 32.2. The van der Waals surface area contributed by atoms with E-state index in [0.717, 1.165) is 16.1 Å². The number of nitrogens with one attached hydrogen (secondary N) is 1. The number of anilines is 1. The Morgan fingerprint density at radius 2 is 1.86 bits per heavy atom. The number of carbonyl (C=O) groups is 1. The fraction of sp³-hybridized carbons (Fsp3) is 0.300. The Hall–Kier alpha value is -3.07. The summed E-state index contributed by atoms with van der Waals surface area (Å²) in [7, 11) is -0.633. The summed E-state index contributed by atoms with van der Waals surface area (Å²) >= 11 is 0. The average molecular weight is 420 g/mol. The van der Waals surface area contributed by atoms with Crippen molar-refractivity contribution in [2.75, 3.05) is 31.3 Å². The fourth-order valence-electron chi connectivity index (χ4n) is 2.79. The van der Waals surface area contributed by atoms with E-state index in [-0.39, 0.29) is 6.54 Å². The van der Waals surface area contributed by atoms with Crippen molar-refractivity contribution in [3.05, 3.63) is 53.6 Å². The van der Waals surface area contributed by atoms with Crippen LogP contribution in [0.1, 0.15) is 18.1 Å². The molecule has 1 amide bonds. The highest BCUT2D eigenvalue weighted by Crippen LogP contribution is 2.29. The molecule has 9 heteroatoms. The number of hydrogen-bond donors (Lipinski definition) is 1. The monoisotopic (exact) mass is 419 g/mol. The molecule has 0 radical (unpaired) electrons. The van der Waals surface area contributed by atoms with Gasteiger partial charge in [-0.1, -0.05) is 31.2 Å². The second-order valence-corrected chi connectivity index (χ2v) is 8.03. The molecule has 156 valence electrons. The summed E-state index contributed by atoms with van der Waals surface area (Å²) in [5.41, 5.74) is 4.27. The van der Waals surface area contributed by atoms with E-state index in [1.54, 1.807) is 30.3 Å². The van der Waals surface area contributed by atoms with E-state index in [1.165, 1.54) is 20.4 Å². The minimum Gasteiger partial charge on any atom is -0.493 e. The number of hydrazone groups is 1. The Kier molecular flexibility index (Phi) is 7.60. The van der Waals surface area contributed by atoms with Crippen molar-refractivity contribution < 1.29 is 22.7 Å². The summed E-state index contributed by atoms with van der Waals surface area (Å²) in [5.74, 6) is 0.435. The fourth-order valence-corrected chi connectivity index (χ4v) is 3.67. The summed E-state index contributed by atoms with van der Waals surface area (Å²) in [5, 5.41) is 3.92. The number of rotatable bonds is 9. The van der Waals surface area contributed by atoms with Crippen molar-refractivity contribution in [3.8, 4) is 11.5 Å². The molecule has 0 fully saturated rings. The second kappa shape index (κ2) is 9.92. The van der Waals surface area contributed by atoms with Gasteiger partial charge in [0.1, 0.15) is 6.54 Å². The van der Waals surface area contributed by atoms with Gasteiger partial charge in [0.25, 0.3) is 5.91 Å². The standard InChI is InChI=1S/C20H25N3O5S/c1-5-15-9-6-7-11-17(15)23(29(4,25)26)14-19(24)22-21-13-16-10-8-12-18(27-2)20(16)28-3/h6-13H,5,14H2,1-4H3,(H,22,24)/b21-13-. The lowest BCUT2D eigenvalue weighted by molar-refractivity contribution is -0.119. The minimum atomic E-state index is -3.66. The van der Waals surface area contributed by atoms with E-state index < -0.39 is 15.9 Å². The first-order chi connectivity index (χ1) is 13.8. The molecule has 0 saturated carbocycles. The van der Waals surface area contributed by atoms with Crippen LogP contribution in [0.3, 0.4) is 0 Å². The van der Waals surface area contributed by atoms with Gasteiger partial charge in [-0.15, -0.1) is 0 Å². The number of hydrogen-bond acceptors (Lipinski definition) is 6. The third kappa shape index (κ3) is 5.71. The van der Waals surface area contributed by atoms with Crippen LogP contribution >= 0.6 is 0 Å². The Morgan fingerprint density at radius 1 is 1.14 bits per heavy atom. The maximum absolute atomic E-state index is 12.4. The zero-order chi connectivity index (χ0) is 21.4. The zero-order valence-corrected chi connectivity index (χ0v) is 17.7. The molecule has 2 aromatic rings. The summed E-state index contributed by atoms with van der Waals surface area (Å²) in [6.07, 6.45) is 3.11. The van der Waals surface area contributed by atoms with Gasteiger partial charge in [0.2, 0.25) is 10.0 Å². The van der Waals surface area contributed by atoms with Gasteiger partial charge in [-0.05, 0) is 30.2 Å². The number of sulfonamides is 1. The number of benzene rings is 2. The molecule has 0 saturated heterocycles. The summed E-state index contributed by atoms with van der Waals surface area (Å²) in [4.78, 5) is 12.4. The van der Waals surface area contributed by atoms with Crippen LogP contribution in [0, 0.1) is 0 Å². The van der Waals surface area contributed by atoms with Crippen molar-refractivity contribution in [3.63, 3.8) is 0 Å². The molecular formula is C20H25N3O5S. The van der Waals surface area contributed by atoms with Gasteiger partial charge in [-0.2, -0.15) is 5.10 Å². The number of aryl methyl sites for hydroxylation is 1. The molecule has 1 N–H and O–H groups in total. The van der Waals surface area contributed by atoms with E-state index in [9.17, 15) is 13.2 Å². The predicted molar refractivity (Wildman–Crippen MR) is 113 cm³/mol. The number of para-hydroxylation sites is 2. The molecule has 0 bridgehead atoms. The predicted octanol–water partition coefficient (Wildman–Crippen LogP) is 2.18. The highest BCUT2D eigenvalue weighted by Gasteiger charge is 2.22. The number of methoxy groups -OCH3 is 2. The van der Waals surface area contributed by atoms with Gasteiger partial charge in [-0.3, -0.25) is 9.10 Å². The average Bonchev–Trinajstić information content (AvgIpc) is 2.70. The van der Waals surface area contributed by atoms with Gasteiger partial charge in [0.05, 0.1) is 32.4 Å². The molecule has 2 aromatic carbocycles. The molecule has 0 aliphatic rings. The lowest BCUT2D eigenvalue weighted by Crippen LogP contribution is -2.39. The van der Waals surface area contributed by atoms with E-state index in [2.05, 4.69) is 10.5 Å². The molecule has 0 atom stereocenters. The summed E-state index contributed by atoms with van der Waals surface area (Å²) in [6.45, 7) is 1.54. The maximum Gasteiger partial charge on any atom is 0.260 e. The van der Waals surface area contributed by atoms with E-state index in [4.69, 9.17) is 9.47 Å². The van der Waals surface area contributed by atoms with Crippen molar-refractivity contribution >= 4 is 27.8 Å². The Labute approximate surface area is 171 Å². The van der Waals surface area contributed by atoms with Gasteiger partial charge in [0.15, 0.2) is 11.5 Å². The van der Waals surface area contributed by atoms with Gasteiger partial charge >= 0.3 is 0 Å². The molecule has 0 aromatic heterocycles. The van der Waals surface area contributed by atoms with Crippen LogP contribution in [0.4, 0.5) is 5.69 Å². The number of amides is 1. The van der Waals surface area contributed by atoms with Crippen LogP contribution in [0.5, 0.6) is 11.5 Å². The van der Waals surface area contributed by atoms with E-state index in [0.29, 0.717) is 29.2 Å². The molecular weight excluding hydrogens is 394 g/mol. The van der Waals surface area contributed by atoms with Crippen LogP contribution in [-0.2, 0) is 21.2 Å². The van der Waals surface area contributed by atoms with Crippen LogP contribution in [0.2, 0.25) is 0 Å². The van der Waals surface area contributed by atoms with Crippen molar-refractivity contribution in [2.24, 2.45) is 5.10 Å². The van der Waals surface area contributed by atoms with Crippen LogP contribution in [0.25, 0.3) is 0 Å². The maximum atomic E-state index is 12.4. The molecule has 0 heterocycles. The lowest BCUT2D eigenvalue weighted by atomic mass is 10.1. The molecule has 8 nitrogen and oxygen atoms in total. The quantitative estimate of drug-likeness (QED) is 0.496. The molecule has 0 aliphatic carbocycles. The molecule has 0 spiro atoms. The smallest absolute Gasteiger partial charge is 0.260 e. The molecule has 29 heavy (non-hydrogen) atoms. The Morgan fingerprint density at radius 3 is 2.48 bits per heavy atom. The number of ether oxygens (including phenoxy) is 2. The van der Waals surface area contributed by atoms with Gasteiger partial charge < -0.3 is 9.47 Å². The molecule has 0 unspecified atom stereocenters. The third-order valence-electron chi connectivity index (χ3n) is 4.16. The zero-order valence-electron chi connectivity index (χ0n) is 16.9. The molecule has 2 rings (SSSR count). The van der Waals surface area contributed by atoms with Gasteiger partial charge in [-0.25, -0.2) is 13.8 Å². The summed E-state index contributed by atoms with van der Waals surface area (Å²) < 4.78 is 36.1. The van der Waals surface area contributed by atoms with Crippen molar-refractivity contribution in [2.45, 2.75) is 13.3 Å². The third-order valence-corrected chi connectivity index (χ3v) is 5.28. The topological polar surface area (TPSA) is 97.3 Å². The van der Waals surface area contributed by atoms with Crippen LogP contribution in [0.15, 0.2) is 47.6 Å². The van der Waals surface area contributed by atoms with Crippen molar-refractivity contribution in [1.82, 2.24) is 5.43 Å². The molecule has 0 aliphatic heterocycles. The first-order valence-electron chi connectivity index (χ1n) is 8.90. The SMILES string of the molecule is CCc1ccccc1N(CC(=O)N/N=C\c1cccc(OC)c1OC)S(C)(=O)=O. The van der Waals surface area contributed by atoms with Crippen molar-refractivity contribution in [1.29, 1.82) is 0 Å².